The van der Waals surface area contributed by atoms with Crippen molar-refractivity contribution in [2.45, 2.75) is 19.9 Å². The number of benzene rings is 1. The van der Waals surface area contributed by atoms with Crippen LogP contribution in [-0.2, 0) is 13.0 Å². The molecule has 4 N–H and O–H groups in total. The van der Waals surface area contributed by atoms with E-state index in [1.807, 2.05) is 12.1 Å². The number of hydrogen-bond acceptors (Lipinski definition) is 3. The monoisotopic (exact) mass is 270 g/mol. The lowest BCUT2D eigenvalue weighted by atomic mass is 10.1. The van der Waals surface area contributed by atoms with Crippen molar-refractivity contribution in [2.75, 3.05) is 11.1 Å². The number of nitrogens with zero attached hydrogens (tertiary/aromatic N) is 1. The van der Waals surface area contributed by atoms with Crippen molar-refractivity contribution in [2.24, 2.45) is 0 Å². The average molecular weight is 270 g/mol. The van der Waals surface area contributed by atoms with Crippen LogP contribution in [0.15, 0.2) is 42.6 Å². The number of aryl methyl sites for hydroxylation is 1. The van der Waals surface area contributed by atoms with E-state index in [4.69, 9.17) is 5.73 Å². The van der Waals surface area contributed by atoms with Crippen LogP contribution in [0.1, 0.15) is 18.2 Å². The van der Waals surface area contributed by atoms with Crippen LogP contribution in [0.4, 0.5) is 16.2 Å². The lowest BCUT2D eigenvalue weighted by molar-refractivity contribution is 0.251. The molecular formula is C15H18N4O. The van der Waals surface area contributed by atoms with Crippen LogP contribution >= 0.6 is 0 Å². The van der Waals surface area contributed by atoms with E-state index in [9.17, 15) is 4.79 Å². The van der Waals surface area contributed by atoms with Crippen LogP contribution in [0.2, 0.25) is 0 Å². The van der Waals surface area contributed by atoms with Crippen LogP contribution < -0.4 is 16.4 Å². The fourth-order valence-corrected chi connectivity index (χ4v) is 1.86. The number of amides is 2. The van der Waals surface area contributed by atoms with Gasteiger partial charge in [-0.15, -0.1) is 0 Å². The zero-order valence-corrected chi connectivity index (χ0v) is 11.4. The molecule has 1 heterocycles. The molecule has 20 heavy (non-hydrogen) atoms. The summed E-state index contributed by atoms with van der Waals surface area (Å²) >= 11 is 0. The van der Waals surface area contributed by atoms with Crippen molar-refractivity contribution in [3.63, 3.8) is 0 Å². The molecule has 5 heteroatoms. The molecule has 0 aliphatic carbocycles. The predicted molar refractivity (Wildman–Crippen MR) is 80.3 cm³/mol. The Hall–Kier alpha value is -2.56. The normalized spacial score (nSPS) is 10.1. The smallest absolute Gasteiger partial charge is 0.319 e. The number of pyridine rings is 1. The molecule has 5 nitrogen and oxygen atoms in total. The molecule has 2 aromatic rings. The third-order valence-electron chi connectivity index (χ3n) is 2.95. The third-order valence-corrected chi connectivity index (χ3v) is 2.95. The lowest BCUT2D eigenvalue weighted by Crippen LogP contribution is -2.28. The minimum atomic E-state index is -0.262. The van der Waals surface area contributed by atoms with Gasteiger partial charge in [-0.05, 0) is 42.3 Å². The molecule has 0 aliphatic rings. The molecule has 0 saturated carbocycles. The lowest BCUT2D eigenvalue weighted by Gasteiger charge is -2.09. The summed E-state index contributed by atoms with van der Waals surface area (Å²) in [7, 11) is 0. The fourth-order valence-electron chi connectivity index (χ4n) is 1.86. The van der Waals surface area contributed by atoms with E-state index >= 15 is 0 Å². The summed E-state index contributed by atoms with van der Waals surface area (Å²) in [6.45, 7) is 2.47. The molecule has 1 aromatic carbocycles. The molecule has 0 radical (unpaired) electrons. The van der Waals surface area contributed by atoms with E-state index in [0.29, 0.717) is 17.9 Å². The van der Waals surface area contributed by atoms with Gasteiger partial charge in [0, 0.05) is 17.6 Å². The standard InChI is InChI=1S/C15H18N4O/c1-2-11-4-3-9-17-14(11)10-18-15(20)19-13-7-5-12(16)6-8-13/h3-9H,2,10,16H2,1H3,(H2,18,19,20). The quantitative estimate of drug-likeness (QED) is 0.747. The maximum Gasteiger partial charge on any atom is 0.319 e. The van der Waals surface area contributed by atoms with Gasteiger partial charge in [-0.1, -0.05) is 13.0 Å². The maximum absolute atomic E-state index is 11.8. The number of nitrogens with one attached hydrogen (secondary N) is 2. The van der Waals surface area contributed by atoms with E-state index < -0.39 is 0 Å². The van der Waals surface area contributed by atoms with Crippen LogP contribution in [0.3, 0.4) is 0 Å². The highest BCUT2D eigenvalue weighted by Crippen LogP contribution is 2.10. The zero-order valence-electron chi connectivity index (χ0n) is 11.4. The number of carbonyl (C=O) groups excluding carboxylic acids is 1. The minimum Gasteiger partial charge on any atom is -0.399 e. The number of nitrogen functional groups attached to an aromatic ring is 1. The number of carbonyl (C=O) groups is 1. The van der Waals surface area contributed by atoms with Crippen molar-refractivity contribution in [3.05, 3.63) is 53.9 Å². The number of urea groups is 1. The summed E-state index contributed by atoms with van der Waals surface area (Å²) in [4.78, 5) is 16.1. The average Bonchev–Trinajstić information content (AvgIpc) is 2.48. The van der Waals surface area contributed by atoms with Gasteiger partial charge in [0.15, 0.2) is 0 Å². The molecule has 2 amide bonds. The molecule has 0 aliphatic heterocycles. The topological polar surface area (TPSA) is 80.0 Å². The van der Waals surface area contributed by atoms with Gasteiger partial charge in [-0.2, -0.15) is 0 Å². The van der Waals surface area contributed by atoms with Gasteiger partial charge in [-0.25, -0.2) is 4.79 Å². The summed E-state index contributed by atoms with van der Waals surface area (Å²) in [5.74, 6) is 0. The number of aromatic nitrogens is 1. The van der Waals surface area contributed by atoms with Gasteiger partial charge in [0.05, 0.1) is 12.2 Å². The Bertz CT molecular complexity index is 581. The summed E-state index contributed by atoms with van der Waals surface area (Å²) in [6, 6.07) is 10.6. The molecular weight excluding hydrogens is 252 g/mol. The summed E-state index contributed by atoms with van der Waals surface area (Å²) in [6.07, 6.45) is 2.62. The van der Waals surface area contributed by atoms with E-state index in [2.05, 4.69) is 22.5 Å². The largest absolute Gasteiger partial charge is 0.399 e. The first-order valence-corrected chi connectivity index (χ1v) is 6.52. The van der Waals surface area contributed by atoms with E-state index in [0.717, 1.165) is 17.7 Å². The highest BCUT2D eigenvalue weighted by Gasteiger charge is 2.05. The molecule has 0 atom stereocenters. The SMILES string of the molecule is CCc1cccnc1CNC(=O)Nc1ccc(N)cc1. The van der Waals surface area contributed by atoms with E-state index in [-0.39, 0.29) is 6.03 Å². The van der Waals surface area contributed by atoms with E-state index in [1.54, 1.807) is 30.5 Å². The minimum absolute atomic E-state index is 0.262. The molecule has 1 aromatic heterocycles. The molecule has 0 saturated heterocycles. The van der Waals surface area contributed by atoms with Crippen LogP contribution in [0.5, 0.6) is 0 Å². The van der Waals surface area contributed by atoms with Crippen molar-refractivity contribution in [3.8, 4) is 0 Å². The van der Waals surface area contributed by atoms with Crippen molar-refractivity contribution >= 4 is 17.4 Å². The third kappa shape index (κ3) is 3.71. The van der Waals surface area contributed by atoms with Gasteiger partial charge >= 0.3 is 6.03 Å². The summed E-state index contributed by atoms with van der Waals surface area (Å²) < 4.78 is 0. The molecule has 104 valence electrons. The zero-order chi connectivity index (χ0) is 14.4. The van der Waals surface area contributed by atoms with Crippen LogP contribution in [-0.4, -0.2) is 11.0 Å². The van der Waals surface area contributed by atoms with Gasteiger partial charge in [0.25, 0.3) is 0 Å². The second-order valence-electron chi connectivity index (χ2n) is 4.39. The Balaban J connectivity index is 1.90. The van der Waals surface area contributed by atoms with Crippen molar-refractivity contribution in [1.29, 1.82) is 0 Å². The van der Waals surface area contributed by atoms with Gasteiger partial charge < -0.3 is 16.4 Å². The predicted octanol–water partition coefficient (Wildman–Crippen LogP) is 2.55. The number of rotatable bonds is 4. The Labute approximate surface area is 118 Å². The molecule has 0 unspecified atom stereocenters. The Morgan fingerprint density at radius 2 is 2.00 bits per heavy atom. The first-order valence-electron chi connectivity index (χ1n) is 6.52. The second-order valence-corrected chi connectivity index (χ2v) is 4.39. The summed E-state index contributed by atoms with van der Waals surface area (Å²) in [5.41, 5.74) is 8.98. The molecule has 2 rings (SSSR count). The number of anilines is 2. The van der Waals surface area contributed by atoms with Gasteiger partial charge in [0.2, 0.25) is 0 Å². The Kier molecular flexibility index (Phi) is 4.55. The Morgan fingerprint density at radius 3 is 2.70 bits per heavy atom. The van der Waals surface area contributed by atoms with Gasteiger partial charge in [-0.3, -0.25) is 4.98 Å². The molecule has 0 fully saturated rings. The first kappa shape index (κ1) is 13.9. The Morgan fingerprint density at radius 1 is 1.25 bits per heavy atom. The number of nitrogens with two attached hydrogens (primary N) is 1. The van der Waals surface area contributed by atoms with Crippen molar-refractivity contribution < 1.29 is 4.79 Å². The van der Waals surface area contributed by atoms with Crippen molar-refractivity contribution in [1.82, 2.24) is 10.3 Å². The highest BCUT2D eigenvalue weighted by molar-refractivity contribution is 5.89. The second kappa shape index (κ2) is 6.56. The first-order chi connectivity index (χ1) is 9.69. The summed E-state index contributed by atoms with van der Waals surface area (Å²) in [5, 5.41) is 5.54. The van der Waals surface area contributed by atoms with Crippen LogP contribution in [0.25, 0.3) is 0 Å². The van der Waals surface area contributed by atoms with E-state index in [1.165, 1.54) is 0 Å². The van der Waals surface area contributed by atoms with Crippen LogP contribution in [0, 0.1) is 0 Å². The van der Waals surface area contributed by atoms with Gasteiger partial charge in [0.1, 0.15) is 0 Å². The molecule has 0 spiro atoms. The highest BCUT2D eigenvalue weighted by atomic mass is 16.2. The maximum atomic E-state index is 11.8. The number of hydrogen-bond donors (Lipinski definition) is 3. The molecule has 0 bridgehead atoms. The fraction of sp³-hybridized carbons (Fsp3) is 0.200.